The van der Waals surface area contributed by atoms with Crippen molar-refractivity contribution < 1.29 is 4.74 Å². The minimum absolute atomic E-state index is 0.281. The highest BCUT2D eigenvalue weighted by molar-refractivity contribution is 8.01. The van der Waals surface area contributed by atoms with Crippen molar-refractivity contribution in [2.24, 2.45) is 5.73 Å². The first-order valence-electron chi connectivity index (χ1n) is 5.37. The summed E-state index contributed by atoms with van der Waals surface area (Å²) < 4.78 is 6.53. The van der Waals surface area contributed by atoms with Crippen LogP contribution in [0.3, 0.4) is 0 Å². The van der Waals surface area contributed by atoms with Gasteiger partial charge in [-0.3, -0.25) is 0 Å². The largest absolute Gasteiger partial charge is 0.497 e. The first kappa shape index (κ1) is 12.5. The predicted molar refractivity (Wildman–Crippen MR) is 75.0 cm³/mol. The van der Waals surface area contributed by atoms with E-state index in [1.165, 1.54) is 9.77 Å². The highest BCUT2D eigenvalue weighted by Gasteiger charge is 2.12. The summed E-state index contributed by atoms with van der Waals surface area (Å²) in [6, 6.07) is 12.3. The third kappa shape index (κ3) is 3.25. The number of hydrogen-bond acceptors (Lipinski definition) is 4. The lowest BCUT2D eigenvalue weighted by atomic mass is 10.1. The molecule has 2 nitrogen and oxygen atoms in total. The van der Waals surface area contributed by atoms with Gasteiger partial charge in [0.25, 0.3) is 0 Å². The summed E-state index contributed by atoms with van der Waals surface area (Å²) in [6.07, 6.45) is 0. The molecule has 0 aliphatic carbocycles. The Labute approximate surface area is 110 Å². The van der Waals surface area contributed by atoms with Gasteiger partial charge in [-0.25, -0.2) is 0 Å². The van der Waals surface area contributed by atoms with Gasteiger partial charge in [0.1, 0.15) is 5.75 Å². The van der Waals surface area contributed by atoms with Gasteiger partial charge in [0, 0.05) is 11.8 Å². The molecule has 1 atom stereocenters. The summed E-state index contributed by atoms with van der Waals surface area (Å²) in [5, 5.41) is 2.37. The molecule has 0 spiro atoms. The van der Waals surface area contributed by atoms with Crippen LogP contribution in [-0.4, -0.2) is 13.7 Å². The van der Waals surface area contributed by atoms with Gasteiger partial charge in [-0.2, -0.15) is 0 Å². The normalized spacial score (nSPS) is 12.4. The molecule has 2 aromatic rings. The number of ether oxygens (including phenoxy) is 1. The zero-order chi connectivity index (χ0) is 12.1. The van der Waals surface area contributed by atoms with E-state index in [1.54, 1.807) is 30.2 Å². The zero-order valence-corrected chi connectivity index (χ0v) is 11.3. The summed E-state index contributed by atoms with van der Waals surface area (Å²) in [7, 11) is 1.68. The van der Waals surface area contributed by atoms with Crippen molar-refractivity contribution in [1.29, 1.82) is 0 Å². The van der Waals surface area contributed by atoms with Gasteiger partial charge in [0.05, 0.1) is 11.3 Å². The van der Waals surface area contributed by atoms with Crippen molar-refractivity contribution in [2.45, 2.75) is 9.46 Å². The Morgan fingerprint density at radius 3 is 2.88 bits per heavy atom. The zero-order valence-electron chi connectivity index (χ0n) is 9.63. The summed E-state index contributed by atoms with van der Waals surface area (Å²) in [5.41, 5.74) is 7.07. The molecule has 4 heteroatoms. The molecule has 2 N–H and O–H groups in total. The highest BCUT2D eigenvalue weighted by atomic mass is 32.2. The Morgan fingerprint density at radius 1 is 1.35 bits per heavy atom. The van der Waals surface area contributed by atoms with Gasteiger partial charge >= 0.3 is 0 Å². The molecule has 0 radical (unpaired) electrons. The Balaban J connectivity index is 2.16. The van der Waals surface area contributed by atoms with Crippen molar-refractivity contribution in [3.63, 3.8) is 0 Å². The molecule has 0 bridgehead atoms. The van der Waals surface area contributed by atoms with Gasteiger partial charge in [-0.1, -0.05) is 18.2 Å². The van der Waals surface area contributed by atoms with Crippen LogP contribution in [0.4, 0.5) is 0 Å². The third-order valence-corrected chi connectivity index (χ3v) is 4.79. The van der Waals surface area contributed by atoms with Crippen LogP contribution in [0.2, 0.25) is 0 Å². The standard InChI is InChI=1S/C13H15NOS2/c1-15-11-5-2-4-10(8-11)12(9-14)17-13-6-3-7-16-13/h2-8,12H,9,14H2,1H3. The Bertz CT molecular complexity index is 456. The summed E-state index contributed by atoms with van der Waals surface area (Å²) in [4.78, 5) is 0. The second-order valence-corrected chi connectivity index (χ2v) is 6.00. The van der Waals surface area contributed by atoms with E-state index in [0.29, 0.717) is 6.54 Å². The van der Waals surface area contributed by atoms with Gasteiger partial charge in [0.15, 0.2) is 0 Å². The van der Waals surface area contributed by atoms with Crippen molar-refractivity contribution in [2.75, 3.05) is 13.7 Å². The second-order valence-electron chi connectivity index (χ2n) is 3.55. The van der Waals surface area contributed by atoms with Crippen LogP contribution in [0.5, 0.6) is 5.75 Å². The van der Waals surface area contributed by atoms with E-state index in [0.717, 1.165) is 5.75 Å². The van der Waals surface area contributed by atoms with Crippen LogP contribution in [-0.2, 0) is 0 Å². The van der Waals surface area contributed by atoms with Crippen LogP contribution >= 0.6 is 23.1 Å². The Hall–Kier alpha value is -0.970. The maximum absolute atomic E-state index is 5.86. The summed E-state index contributed by atoms with van der Waals surface area (Å²) >= 11 is 3.55. The smallest absolute Gasteiger partial charge is 0.119 e. The SMILES string of the molecule is COc1cccc(C(CN)Sc2cccs2)c1. The number of nitrogens with two attached hydrogens (primary N) is 1. The molecular weight excluding hydrogens is 250 g/mol. The average Bonchev–Trinajstić information content (AvgIpc) is 2.89. The second kappa shape index (κ2) is 6.10. The molecule has 0 saturated carbocycles. The van der Waals surface area contributed by atoms with Gasteiger partial charge in [0.2, 0.25) is 0 Å². The first-order chi connectivity index (χ1) is 8.33. The summed E-state index contributed by atoms with van der Waals surface area (Å²) in [5.74, 6) is 0.882. The number of thioether (sulfide) groups is 1. The quantitative estimate of drug-likeness (QED) is 0.840. The fourth-order valence-electron chi connectivity index (χ4n) is 1.56. The molecule has 2 rings (SSSR count). The number of hydrogen-bond donors (Lipinski definition) is 1. The van der Waals surface area contributed by atoms with Crippen molar-refractivity contribution in [3.05, 3.63) is 47.3 Å². The predicted octanol–water partition coefficient (Wildman–Crippen LogP) is 3.55. The van der Waals surface area contributed by atoms with E-state index in [-0.39, 0.29) is 5.25 Å². The van der Waals surface area contributed by atoms with Gasteiger partial charge in [-0.15, -0.1) is 23.1 Å². The lowest BCUT2D eigenvalue weighted by Crippen LogP contribution is -2.09. The van der Waals surface area contributed by atoms with Gasteiger partial charge < -0.3 is 10.5 Å². The fraction of sp³-hybridized carbons (Fsp3) is 0.231. The molecule has 17 heavy (non-hydrogen) atoms. The molecule has 1 heterocycles. The molecule has 1 unspecified atom stereocenters. The maximum Gasteiger partial charge on any atom is 0.119 e. The van der Waals surface area contributed by atoms with Crippen LogP contribution < -0.4 is 10.5 Å². The van der Waals surface area contributed by atoms with Crippen molar-refractivity contribution in [3.8, 4) is 5.75 Å². The molecular formula is C13H15NOS2. The Morgan fingerprint density at radius 2 is 2.24 bits per heavy atom. The topological polar surface area (TPSA) is 35.2 Å². The molecule has 1 aromatic heterocycles. The van der Waals surface area contributed by atoms with Crippen molar-refractivity contribution >= 4 is 23.1 Å². The number of benzene rings is 1. The number of methoxy groups -OCH3 is 1. The fourth-order valence-corrected chi connectivity index (χ4v) is 3.57. The minimum atomic E-state index is 0.281. The maximum atomic E-state index is 5.86. The average molecular weight is 265 g/mol. The highest BCUT2D eigenvalue weighted by Crippen LogP contribution is 2.37. The lowest BCUT2D eigenvalue weighted by Gasteiger charge is -2.14. The van der Waals surface area contributed by atoms with E-state index in [4.69, 9.17) is 10.5 Å². The van der Waals surface area contributed by atoms with E-state index in [1.807, 2.05) is 12.1 Å². The van der Waals surface area contributed by atoms with Crippen LogP contribution in [0, 0.1) is 0 Å². The molecule has 0 saturated heterocycles. The number of thiophene rings is 1. The molecule has 0 aliphatic heterocycles. The van der Waals surface area contributed by atoms with Crippen LogP contribution in [0.25, 0.3) is 0 Å². The summed E-state index contributed by atoms with van der Waals surface area (Å²) in [6.45, 7) is 0.621. The molecule has 0 fully saturated rings. The van der Waals surface area contributed by atoms with Crippen LogP contribution in [0.1, 0.15) is 10.8 Å². The molecule has 0 aliphatic rings. The van der Waals surface area contributed by atoms with Gasteiger partial charge in [-0.05, 0) is 29.1 Å². The van der Waals surface area contributed by atoms with E-state index >= 15 is 0 Å². The van der Waals surface area contributed by atoms with E-state index < -0.39 is 0 Å². The molecule has 1 aromatic carbocycles. The Kier molecular flexibility index (Phi) is 4.48. The number of rotatable bonds is 5. The van der Waals surface area contributed by atoms with Crippen LogP contribution in [0.15, 0.2) is 46.0 Å². The third-order valence-electron chi connectivity index (χ3n) is 2.43. The first-order valence-corrected chi connectivity index (χ1v) is 7.13. The lowest BCUT2D eigenvalue weighted by molar-refractivity contribution is 0.414. The minimum Gasteiger partial charge on any atom is -0.497 e. The molecule has 0 amide bonds. The molecule has 90 valence electrons. The van der Waals surface area contributed by atoms with Crippen molar-refractivity contribution in [1.82, 2.24) is 0 Å². The van der Waals surface area contributed by atoms with E-state index in [9.17, 15) is 0 Å². The monoisotopic (exact) mass is 265 g/mol. The van der Waals surface area contributed by atoms with E-state index in [2.05, 4.69) is 29.6 Å².